The summed E-state index contributed by atoms with van der Waals surface area (Å²) in [5.41, 5.74) is -1.70. The van der Waals surface area contributed by atoms with E-state index in [0.717, 1.165) is 49.3 Å². The average Bonchev–Trinajstić information content (AvgIpc) is 3.56. The van der Waals surface area contributed by atoms with E-state index in [9.17, 15) is 27.5 Å². The highest BCUT2D eigenvalue weighted by Crippen LogP contribution is 2.45. The number of carbonyl (C=O) groups excluding carboxylic acids is 1. The molecule has 4 atom stereocenters. The number of halogens is 5. The van der Waals surface area contributed by atoms with Crippen LogP contribution in [0.5, 0.6) is 11.8 Å². The third-order valence-corrected chi connectivity index (χ3v) is 9.67. The summed E-state index contributed by atoms with van der Waals surface area (Å²) in [6.07, 6.45) is -1.53. The zero-order chi connectivity index (χ0) is 29.4. The summed E-state index contributed by atoms with van der Waals surface area (Å²) in [5.74, 6) is -0.712. The van der Waals surface area contributed by atoms with Gasteiger partial charge in [0.15, 0.2) is 0 Å². The number of anilines is 2. The average molecular weight is 611 g/mol. The lowest BCUT2D eigenvalue weighted by atomic mass is 9.95. The molecule has 14 heteroatoms. The Kier molecular flexibility index (Phi) is 6.70. The predicted octanol–water partition coefficient (Wildman–Crippen LogP) is 3.95. The molecule has 4 fully saturated rings. The molecule has 9 nitrogen and oxygen atoms in total. The van der Waals surface area contributed by atoms with Crippen LogP contribution in [0.2, 0.25) is 5.02 Å². The number of aromatic hydroxyl groups is 1. The summed E-state index contributed by atoms with van der Waals surface area (Å²) in [5, 5.41) is 13.0. The lowest BCUT2D eigenvalue weighted by Gasteiger charge is -2.37. The summed E-state index contributed by atoms with van der Waals surface area (Å²) in [4.78, 5) is 28.3. The number of fused-ring (bicyclic) bond motifs is 4. The number of hydrogen-bond acceptors (Lipinski definition) is 8. The van der Waals surface area contributed by atoms with Gasteiger partial charge in [-0.1, -0.05) is 11.6 Å². The summed E-state index contributed by atoms with van der Waals surface area (Å²) >= 11 is 5.92. The number of aromatic nitrogens is 2. The Hall–Kier alpha value is -2.90. The Morgan fingerprint density at radius 3 is 2.64 bits per heavy atom. The van der Waals surface area contributed by atoms with Crippen LogP contribution in [0.4, 0.5) is 29.1 Å². The van der Waals surface area contributed by atoms with Crippen LogP contribution in [0.15, 0.2) is 12.1 Å². The smallest absolute Gasteiger partial charge is 0.419 e. The summed E-state index contributed by atoms with van der Waals surface area (Å²) in [6.45, 7) is 2.53. The van der Waals surface area contributed by atoms with Gasteiger partial charge < -0.3 is 25.0 Å². The summed E-state index contributed by atoms with van der Waals surface area (Å²) in [7, 11) is 0. The van der Waals surface area contributed by atoms with Gasteiger partial charge in [-0.05, 0) is 44.7 Å². The zero-order valence-electron chi connectivity index (χ0n) is 22.8. The van der Waals surface area contributed by atoms with E-state index in [0.29, 0.717) is 37.4 Å². The first-order valence-corrected chi connectivity index (χ1v) is 14.7. The number of ether oxygens (including phenoxy) is 1. The van der Waals surface area contributed by atoms with E-state index in [1.165, 1.54) is 0 Å². The highest BCUT2D eigenvalue weighted by Gasteiger charge is 2.50. The first-order chi connectivity index (χ1) is 20.0. The van der Waals surface area contributed by atoms with Gasteiger partial charge in [0.2, 0.25) is 0 Å². The van der Waals surface area contributed by atoms with E-state index < -0.39 is 45.8 Å². The molecule has 1 aromatic carbocycles. The lowest BCUT2D eigenvalue weighted by Crippen LogP contribution is -2.52. The molecule has 7 rings (SSSR count). The molecule has 5 aliphatic heterocycles. The van der Waals surface area contributed by atoms with Crippen molar-refractivity contribution in [1.82, 2.24) is 20.2 Å². The van der Waals surface area contributed by atoms with Crippen molar-refractivity contribution in [2.45, 2.75) is 68.5 Å². The van der Waals surface area contributed by atoms with Gasteiger partial charge in [0.05, 0.1) is 21.8 Å². The van der Waals surface area contributed by atoms with E-state index >= 15 is 0 Å². The first kappa shape index (κ1) is 27.9. The largest absolute Gasteiger partial charge is 0.508 e. The molecule has 2 aromatic rings. The Balaban J connectivity index is 1.27. The standard InChI is InChI=1S/C28H31ClF4N6O3/c29-20-8-18(40)9-21(22(20)28(31,32)33)39-7-4-19-23(25(39)41)35-26(36-24(19)37-12-16-2-3-17(13-37)34-16)42-14-27-5-1-6-38(27)11-15(30)10-27/h8-9,15-17,34,40H,1-7,10-14H2/t15-,16?,17?,27+/m1/s1. The fourth-order valence-corrected chi connectivity index (χ4v) is 7.87. The molecule has 1 aromatic heterocycles. The minimum Gasteiger partial charge on any atom is -0.508 e. The van der Waals surface area contributed by atoms with E-state index in [1.807, 2.05) is 0 Å². The van der Waals surface area contributed by atoms with Gasteiger partial charge >= 0.3 is 12.2 Å². The van der Waals surface area contributed by atoms with Crippen molar-refractivity contribution in [1.29, 1.82) is 0 Å². The van der Waals surface area contributed by atoms with Crippen LogP contribution in [-0.4, -0.2) is 89.0 Å². The van der Waals surface area contributed by atoms with Crippen molar-refractivity contribution in [2.75, 3.05) is 49.1 Å². The molecule has 1 amide bonds. The number of benzene rings is 1. The van der Waals surface area contributed by atoms with Gasteiger partial charge in [0.25, 0.3) is 5.91 Å². The van der Waals surface area contributed by atoms with Crippen molar-refractivity contribution in [3.63, 3.8) is 0 Å². The molecule has 0 radical (unpaired) electrons. The number of hydrogen-bond donors (Lipinski definition) is 2. The third-order valence-electron chi connectivity index (χ3n) is 9.37. The van der Waals surface area contributed by atoms with Crippen molar-refractivity contribution in [2.24, 2.45) is 0 Å². The van der Waals surface area contributed by atoms with Gasteiger partial charge in [0.1, 0.15) is 30.0 Å². The predicted molar refractivity (Wildman–Crippen MR) is 146 cm³/mol. The molecule has 226 valence electrons. The van der Waals surface area contributed by atoms with Crippen LogP contribution < -0.4 is 19.9 Å². The summed E-state index contributed by atoms with van der Waals surface area (Å²) < 4.78 is 62.7. The van der Waals surface area contributed by atoms with Crippen LogP contribution >= 0.6 is 11.6 Å². The maximum Gasteiger partial charge on any atom is 0.419 e. The van der Waals surface area contributed by atoms with E-state index in [4.69, 9.17) is 21.3 Å². The minimum absolute atomic E-state index is 0.0460. The second-order valence-electron chi connectivity index (χ2n) is 12.1. The van der Waals surface area contributed by atoms with Gasteiger partial charge in [-0.2, -0.15) is 23.1 Å². The number of nitrogens with one attached hydrogen (secondary N) is 1. The molecule has 0 spiro atoms. The van der Waals surface area contributed by atoms with Crippen LogP contribution in [0.1, 0.15) is 53.7 Å². The molecule has 42 heavy (non-hydrogen) atoms. The quantitative estimate of drug-likeness (QED) is 0.492. The molecule has 6 heterocycles. The Morgan fingerprint density at radius 2 is 1.90 bits per heavy atom. The maximum absolute atomic E-state index is 14.4. The van der Waals surface area contributed by atoms with Crippen LogP contribution in [-0.2, 0) is 12.6 Å². The second kappa shape index (κ2) is 10.1. The lowest BCUT2D eigenvalue weighted by molar-refractivity contribution is -0.137. The molecule has 2 unspecified atom stereocenters. The molecule has 5 aliphatic rings. The Bertz CT molecular complexity index is 1420. The first-order valence-electron chi connectivity index (χ1n) is 14.4. The third kappa shape index (κ3) is 4.73. The fourth-order valence-electron chi connectivity index (χ4n) is 7.56. The SMILES string of the molecule is O=C1c2nc(OC[C@@]34CCCN3C[C@H](F)C4)nc(N3CC4CCC(C3)N4)c2CCN1c1cc(O)cc(Cl)c1C(F)(F)F. The number of phenolic OH excluding ortho intramolecular Hbond substituents is 1. The molecule has 2 N–H and O–H groups in total. The van der Waals surface area contributed by atoms with Crippen LogP contribution in [0, 0.1) is 0 Å². The van der Waals surface area contributed by atoms with Crippen LogP contribution in [0.3, 0.4) is 0 Å². The van der Waals surface area contributed by atoms with E-state index in [2.05, 4.69) is 20.1 Å². The number of carbonyl (C=O) groups is 1. The van der Waals surface area contributed by atoms with Gasteiger partial charge in [0, 0.05) is 56.3 Å². The van der Waals surface area contributed by atoms with E-state index in [-0.39, 0.29) is 43.4 Å². The number of rotatable bonds is 5. The van der Waals surface area contributed by atoms with Gasteiger partial charge in [-0.3, -0.25) is 9.69 Å². The van der Waals surface area contributed by atoms with Crippen molar-refractivity contribution >= 4 is 29.0 Å². The van der Waals surface area contributed by atoms with E-state index in [1.54, 1.807) is 0 Å². The number of alkyl halides is 4. The fraction of sp³-hybridized carbons (Fsp3) is 0.607. The summed E-state index contributed by atoms with van der Waals surface area (Å²) in [6, 6.07) is 2.18. The number of phenols is 1. The molecule has 4 saturated heterocycles. The second-order valence-corrected chi connectivity index (χ2v) is 12.5. The van der Waals surface area contributed by atoms with Crippen molar-refractivity contribution in [3.8, 4) is 11.8 Å². The number of nitrogens with zero attached hydrogens (tertiary/aromatic N) is 5. The molecular weight excluding hydrogens is 580 g/mol. The molecule has 0 saturated carbocycles. The number of amides is 1. The Morgan fingerprint density at radius 1 is 1.14 bits per heavy atom. The number of piperazine rings is 1. The van der Waals surface area contributed by atoms with Crippen molar-refractivity contribution in [3.05, 3.63) is 34.0 Å². The van der Waals surface area contributed by atoms with Crippen LogP contribution in [0.25, 0.3) is 0 Å². The highest BCUT2D eigenvalue weighted by atomic mass is 35.5. The Labute approximate surface area is 244 Å². The monoisotopic (exact) mass is 610 g/mol. The highest BCUT2D eigenvalue weighted by molar-refractivity contribution is 6.32. The minimum atomic E-state index is -4.87. The molecular formula is C28H31ClF4N6O3. The molecule has 2 bridgehead atoms. The topological polar surface area (TPSA) is 94.1 Å². The van der Waals surface area contributed by atoms with Crippen molar-refractivity contribution < 1.29 is 32.2 Å². The van der Waals surface area contributed by atoms with Gasteiger partial charge in [-0.25, -0.2) is 4.39 Å². The van der Waals surface area contributed by atoms with Gasteiger partial charge in [-0.15, -0.1) is 0 Å². The molecule has 0 aliphatic carbocycles. The maximum atomic E-state index is 14.4. The normalized spacial score (nSPS) is 29.3. The zero-order valence-corrected chi connectivity index (χ0v) is 23.5.